The van der Waals surface area contributed by atoms with Crippen molar-refractivity contribution >= 4 is 34.9 Å². The maximum atomic E-state index is 12.3. The molecule has 0 atom stereocenters. The Labute approximate surface area is 194 Å². The van der Waals surface area contributed by atoms with Gasteiger partial charge in [0.15, 0.2) is 12.4 Å². The Balaban J connectivity index is 1.49. The molecule has 0 aliphatic rings. The van der Waals surface area contributed by atoms with Crippen molar-refractivity contribution in [3.05, 3.63) is 118 Å². The summed E-state index contributed by atoms with van der Waals surface area (Å²) in [6, 6.07) is 20.8. The van der Waals surface area contributed by atoms with Gasteiger partial charge in [-0.25, -0.2) is 4.98 Å². The molecule has 9 heteroatoms. The monoisotopic (exact) mass is 453 g/mol. The van der Waals surface area contributed by atoms with Crippen LogP contribution in [0.5, 0.6) is 0 Å². The fourth-order valence-electron chi connectivity index (χ4n) is 3.22. The molecule has 0 bridgehead atoms. The summed E-state index contributed by atoms with van der Waals surface area (Å²) in [5.41, 5.74) is 3.56. The highest BCUT2D eigenvalue weighted by Gasteiger charge is 2.14. The van der Waals surface area contributed by atoms with Gasteiger partial charge in [-0.3, -0.25) is 14.9 Å². The molecule has 0 unspecified atom stereocenters. The van der Waals surface area contributed by atoms with Crippen molar-refractivity contribution in [2.75, 3.05) is 10.6 Å². The number of carbonyl (C=O) groups excluding carboxylic acids is 1. The molecule has 0 saturated carbocycles. The van der Waals surface area contributed by atoms with E-state index in [-0.39, 0.29) is 17.4 Å². The van der Waals surface area contributed by atoms with Crippen molar-refractivity contribution in [2.24, 2.45) is 0 Å². The number of pyridine rings is 2. The van der Waals surface area contributed by atoms with Crippen LogP contribution in [0.25, 0.3) is 17.2 Å². The normalized spacial score (nSPS) is 10.7. The number of nitrogens with zero attached hydrogens (tertiary/aromatic N) is 3. The average Bonchev–Trinajstić information content (AvgIpc) is 2.84. The van der Waals surface area contributed by atoms with Crippen LogP contribution in [0.4, 0.5) is 22.9 Å². The summed E-state index contributed by atoms with van der Waals surface area (Å²) < 4.78 is 0.672. The summed E-state index contributed by atoms with van der Waals surface area (Å²) in [6.07, 6.45) is 7.20. The molecule has 9 nitrogen and oxygen atoms in total. The topological polar surface area (TPSA) is 124 Å². The fraction of sp³-hybridized carbons (Fsp3) is 0. The second kappa shape index (κ2) is 10.0. The molecule has 0 aliphatic carbocycles. The Bertz CT molecular complexity index is 1370. The van der Waals surface area contributed by atoms with Gasteiger partial charge in [0.05, 0.1) is 4.92 Å². The van der Waals surface area contributed by atoms with Gasteiger partial charge >= 0.3 is 5.69 Å². The van der Waals surface area contributed by atoms with E-state index in [1.165, 1.54) is 36.8 Å². The first-order chi connectivity index (χ1) is 16.5. The largest absolute Gasteiger partial charge is 0.619 e. The van der Waals surface area contributed by atoms with Gasteiger partial charge in [-0.05, 0) is 53.1 Å². The summed E-state index contributed by atoms with van der Waals surface area (Å²) >= 11 is 0. The quantitative estimate of drug-likeness (QED) is 0.138. The van der Waals surface area contributed by atoms with E-state index in [0.29, 0.717) is 16.1 Å². The minimum Gasteiger partial charge on any atom is -0.619 e. The van der Waals surface area contributed by atoms with Crippen LogP contribution in [0.1, 0.15) is 5.56 Å². The molecule has 4 aromatic rings. The van der Waals surface area contributed by atoms with Crippen LogP contribution >= 0.6 is 0 Å². The number of aromatic nitrogens is 2. The van der Waals surface area contributed by atoms with Crippen molar-refractivity contribution in [2.45, 2.75) is 0 Å². The SMILES string of the molecule is O=C(C=Cc1cc[n+]([O-])cc1)Nc1cccc(-c2cccc(Nc3ncccc3[N+](=O)[O-])c2)c1. The first-order valence-corrected chi connectivity index (χ1v) is 10.2. The number of nitrogens with one attached hydrogen (secondary N) is 2. The molecular weight excluding hydrogens is 434 g/mol. The molecule has 0 spiro atoms. The summed E-state index contributed by atoms with van der Waals surface area (Å²) in [6.45, 7) is 0. The van der Waals surface area contributed by atoms with E-state index in [1.54, 1.807) is 30.3 Å². The highest BCUT2D eigenvalue weighted by atomic mass is 16.6. The Hall–Kier alpha value is -5.05. The maximum absolute atomic E-state index is 12.3. The summed E-state index contributed by atoms with van der Waals surface area (Å²) in [4.78, 5) is 27.1. The molecule has 1 amide bonds. The standard InChI is InChI=1S/C25H19N5O4/c31-24(10-9-18-11-14-29(32)15-12-18)27-21-6-1-4-19(16-21)20-5-2-7-22(17-20)28-25-23(30(33)34)8-3-13-26-25/h1-17H,(H,26,28)(H,27,31). The first kappa shape index (κ1) is 22.2. The van der Waals surface area contributed by atoms with Crippen LogP contribution in [0, 0.1) is 15.3 Å². The molecule has 0 saturated heterocycles. The van der Waals surface area contributed by atoms with Crippen molar-refractivity contribution in [3.8, 4) is 11.1 Å². The zero-order chi connectivity index (χ0) is 23.9. The van der Waals surface area contributed by atoms with E-state index < -0.39 is 4.92 Å². The van der Waals surface area contributed by atoms with Gasteiger partial charge in [-0.2, -0.15) is 4.73 Å². The van der Waals surface area contributed by atoms with Crippen LogP contribution < -0.4 is 15.4 Å². The van der Waals surface area contributed by atoms with Crippen LogP contribution in [0.15, 0.2) is 97.5 Å². The van der Waals surface area contributed by atoms with Gasteiger partial charge < -0.3 is 15.8 Å². The molecule has 4 rings (SSSR count). The predicted octanol–water partition coefficient (Wildman–Crippen LogP) is 4.69. The second-order valence-corrected chi connectivity index (χ2v) is 7.23. The zero-order valence-electron chi connectivity index (χ0n) is 17.8. The lowest BCUT2D eigenvalue weighted by atomic mass is 10.0. The zero-order valence-corrected chi connectivity index (χ0v) is 17.8. The lowest BCUT2D eigenvalue weighted by Crippen LogP contribution is -2.23. The summed E-state index contributed by atoms with van der Waals surface area (Å²) in [5, 5.41) is 28.1. The van der Waals surface area contributed by atoms with E-state index in [0.717, 1.165) is 16.7 Å². The highest BCUT2D eigenvalue weighted by Crippen LogP contribution is 2.29. The molecule has 2 aromatic heterocycles. The number of hydrogen-bond donors (Lipinski definition) is 2. The first-order valence-electron chi connectivity index (χ1n) is 10.2. The van der Waals surface area contributed by atoms with Crippen LogP contribution in [-0.4, -0.2) is 15.8 Å². The molecule has 2 N–H and O–H groups in total. The van der Waals surface area contributed by atoms with Crippen molar-refractivity contribution in [1.82, 2.24) is 4.98 Å². The minimum absolute atomic E-state index is 0.117. The van der Waals surface area contributed by atoms with Crippen molar-refractivity contribution in [1.29, 1.82) is 0 Å². The number of hydrogen-bond acceptors (Lipinski definition) is 6. The Morgan fingerprint density at radius 1 is 0.941 bits per heavy atom. The van der Waals surface area contributed by atoms with Gasteiger partial charge in [0.1, 0.15) is 0 Å². The van der Waals surface area contributed by atoms with E-state index in [2.05, 4.69) is 15.6 Å². The molecule has 0 radical (unpaired) electrons. The number of benzene rings is 2. The highest BCUT2D eigenvalue weighted by molar-refractivity contribution is 6.02. The number of carbonyl (C=O) groups is 1. The summed E-state index contributed by atoms with van der Waals surface area (Å²) in [5.74, 6) is -0.158. The van der Waals surface area contributed by atoms with Gasteiger partial charge in [0, 0.05) is 41.8 Å². The third-order valence-electron chi connectivity index (χ3n) is 4.83. The third kappa shape index (κ3) is 5.60. The Morgan fingerprint density at radius 2 is 1.62 bits per heavy atom. The second-order valence-electron chi connectivity index (χ2n) is 7.23. The van der Waals surface area contributed by atoms with Gasteiger partial charge in [0.2, 0.25) is 11.7 Å². The van der Waals surface area contributed by atoms with E-state index in [9.17, 15) is 20.1 Å². The minimum atomic E-state index is -0.488. The third-order valence-corrected chi connectivity index (χ3v) is 4.83. The average molecular weight is 453 g/mol. The Morgan fingerprint density at radius 3 is 2.32 bits per heavy atom. The molecule has 0 fully saturated rings. The van der Waals surface area contributed by atoms with Crippen LogP contribution in [0.3, 0.4) is 0 Å². The number of anilines is 3. The van der Waals surface area contributed by atoms with E-state index >= 15 is 0 Å². The molecule has 0 aliphatic heterocycles. The molecular formula is C25H19N5O4. The van der Waals surface area contributed by atoms with Gasteiger partial charge in [-0.15, -0.1) is 0 Å². The smallest absolute Gasteiger partial charge is 0.311 e. The van der Waals surface area contributed by atoms with E-state index in [1.807, 2.05) is 36.4 Å². The molecule has 2 heterocycles. The maximum Gasteiger partial charge on any atom is 0.311 e. The fourth-order valence-corrected chi connectivity index (χ4v) is 3.22. The van der Waals surface area contributed by atoms with Crippen LogP contribution in [-0.2, 0) is 4.79 Å². The van der Waals surface area contributed by atoms with E-state index in [4.69, 9.17) is 0 Å². The lowest BCUT2D eigenvalue weighted by Gasteiger charge is -2.10. The van der Waals surface area contributed by atoms with Crippen molar-refractivity contribution < 1.29 is 14.4 Å². The number of amides is 1. The van der Waals surface area contributed by atoms with Gasteiger partial charge in [-0.1, -0.05) is 24.3 Å². The Kier molecular flexibility index (Phi) is 6.55. The van der Waals surface area contributed by atoms with Crippen LogP contribution in [0.2, 0.25) is 0 Å². The summed E-state index contributed by atoms with van der Waals surface area (Å²) in [7, 11) is 0. The van der Waals surface area contributed by atoms with Gasteiger partial charge in [0.25, 0.3) is 0 Å². The predicted molar refractivity (Wildman–Crippen MR) is 129 cm³/mol. The van der Waals surface area contributed by atoms with Crippen molar-refractivity contribution in [3.63, 3.8) is 0 Å². The number of rotatable bonds is 7. The molecule has 34 heavy (non-hydrogen) atoms. The molecule has 168 valence electrons. The lowest BCUT2D eigenvalue weighted by molar-refractivity contribution is -0.605. The number of nitro groups is 1. The molecule has 2 aromatic carbocycles.